The standard InChI is InChI=1S/C11H19NO3/c1-11(2,14-3)8-9-7-10(15-12-9)5-4-6-13/h7,13H,4-6,8H2,1-3H3. The number of hydrogen-bond donors (Lipinski definition) is 1. The number of aliphatic hydroxyl groups is 1. The highest BCUT2D eigenvalue weighted by Crippen LogP contribution is 2.16. The Morgan fingerprint density at radius 2 is 2.27 bits per heavy atom. The molecule has 4 nitrogen and oxygen atoms in total. The van der Waals surface area contributed by atoms with Gasteiger partial charge >= 0.3 is 0 Å². The van der Waals surface area contributed by atoms with Gasteiger partial charge in [0, 0.05) is 32.6 Å². The lowest BCUT2D eigenvalue weighted by Gasteiger charge is -2.20. The predicted octanol–water partition coefficient (Wildman–Crippen LogP) is 1.57. The molecule has 0 spiro atoms. The van der Waals surface area contributed by atoms with E-state index < -0.39 is 0 Å². The third kappa shape index (κ3) is 4.01. The molecule has 0 aliphatic heterocycles. The van der Waals surface area contributed by atoms with Crippen LogP contribution in [-0.2, 0) is 17.6 Å². The van der Waals surface area contributed by atoms with Crippen LogP contribution in [0.4, 0.5) is 0 Å². The van der Waals surface area contributed by atoms with Crippen LogP contribution in [-0.4, -0.2) is 29.6 Å². The van der Waals surface area contributed by atoms with Crippen molar-refractivity contribution in [3.63, 3.8) is 0 Å². The van der Waals surface area contributed by atoms with Crippen molar-refractivity contribution in [2.75, 3.05) is 13.7 Å². The first-order chi connectivity index (χ1) is 7.07. The third-order valence-electron chi connectivity index (χ3n) is 2.35. The number of ether oxygens (including phenoxy) is 1. The first kappa shape index (κ1) is 12.2. The van der Waals surface area contributed by atoms with E-state index in [0.29, 0.717) is 6.42 Å². The molecular formula is C11H19NO3. The number of aryl methyl sites for hydroxylation is 1. The monoisotopic (exact) mass is 213 g/mol. The minimum absolute atomic E-state index is 0.180. The summed E-state index contributed by atoms with van der Waals surface area (Å²) in [5.41, 5.74) is 0.681. The zero-order valence-corrected chi connectivity index (χ0v) is 9.62. The summed E-state index contributed by atoms with van der Waals surface area (Å²) < 4.78 is 10.5. The molecular weight excluding hydrogens is 194 g/mol. The van der Waals surface area contributed by atoms with Gasteiger partial charge in [-0.05, 0) is 20.3 Å². The molecule has 86 valence electrons. The molecule has 0 atom stereocenters. The summed E-state index contributed by atoms with van der Waals surface area (Å²) in [5.74, 6) is 0.825. The molecule has 1 aromatic heterocycles. The first-order valence-electron chi connectivity index (χ1n) is 5.18. The topological polar surface area (TPSA) is 55.5 Å². The highest BCUT2D eigenvalue weighted by Gasteiger charge is 2.19. The molecule has 0 aromatic carbocycles. The normalized spacial score (nSPS) is 12.0. The van der Waals surface area contributed by atoms with Crippen molar-refractivity contribution in [1.82, 2.24) is 5.16 Å². The maximum absolute atomic E-state index is 8.68. The molecule has 0 unspecified atom stereocenters. The zero-order chi connectivity index (χ0) is 11.3. The lowest BCUT2D eigenvalue weighted by atomic mass is 10.0. The molecule has 0 bridgehead atoms. The van der Waals surface area contributed by atoms with Crippen LogP contribution in [0.2, 0.25) is 0 Å². The fourth-order valence-electron chi connectivity index (χ4n) is 1.32. The first-order valence-corrected chi connectivity index (χ1v) is 5.18. The van der Waals surface area contributed by atoms with Gasteiger partial charge in [0.25, 0.3) is 0 Å². The van der Waals surface area contributed by atoms with Crippen LogP contribution in [0.1, 0.15) is 31.7 Å². The average molecular weight is 213 g/mol. The Morgan fingerprint density at radius 3 is 2.87 bits per heavy atom. The molecule has 0 aliphatic rings. The minimum atomic E-state index is -0.217. The second-order valence-corrected chi connectivity index (χ2v) is 4.25. The second-order valence-electron chi connectivity index (χ2n) is 4.25. The van der Waals surface area contributed by atoms with Crippen molar-refractivity contribution in [1.29, 1.82) is 0 Å². The summed E-state index contributed by atoms with van der Waals surface area (Å²) in [4.78, 5) is 0. The highest BCUT2D eigenvalue weighted by molar-refractivity contribution is 5.08. The third-order valence-corrected chi connectivity index (χ3v) is 2.35. The van der Waals surface area contributed by atoms with Crippen LogP contribution in [0, 0.1) is 0 Å². The average Bonchev–Trinajstić information content (AvgIpc) is 2.62. The molecule has 0 radical (unpaired) electrons. The molecule has 0 fully saturated rings. The molecule has 1 rings (SSSR count). The largest absolute Gasteiger partial charge is 0.396 e. The molecule has 0 amide bonds. The summed E-state index contributed by atoms with van der Waals surface area (Å²) >= 11 is 0. The highest BCUT2D eigenvalue weighted by atomic mass is 16.5. The van der Waals surface area contributed by atoms with Crippen LogP contribution in [0.25, 0.3) is 0 Å². The van der Waals surface area contributed by atoms with Gasteiger partial charge in [-0.3, -0.25) is 0 Å². The molecule has 0 saturated carbocycles. The Kier molecular flexibility index (Phi) is 4.29. The van der Waals surface area contributed by atoms with E-state index in [2.05, 4.69) is 5.16 Å². The van der Waals surface area contributed by atoms with Gasteiger partial charge < -0.3 is 14.4 Å². The molecule has 1 N–H and O–H groups in total. The number of aromatic nitrogens is 1. The van der Waals surface area contributed by atoms with E-state index in [0.717, 1.165) is 24.3 Å². The van der Waals surface area contributed by atoms with E-state index in [9.17, 15) is 0 Å². The van der Waals surface area contributed by atoms with Gasteiger partial charge in [0.2, 0.25) is 0 Å². The zero-order valence-electron chi connectivity index (χ0n) is 9.62. The van der Waals surface area contributed by atoms with Crippen molar-refractivity contribution >= 4 is 0 Å². The number of nitrogens with zero attached hydrogens (tertiary/aromatic N) is 1. The van der Waals surface area contributed by atoms with E-state index in [4.69, 9.17) is 14.4 Å². The maximum atomic E-state index is 8.68. The van der Waals surface area contributed by atoms with Crippen LogP contribution in [0.3, 0.4) is 0 Å². The number of methoxy groups -OCH3 is 1. The van der Waals surface area contributed by atoms with Crippen molar-refractivity contribution < 1.29 is 14.4 Å². The molecule has 15 heavy (non-hydrogen) atoms. The van der Waals surface area contributed by atoms with Gasteiger partial charge in [-0.2, -0.15) is 0 Å². The quantitative estimate of drug-likeness (QED) is 0.779. The van der Waals surface area contributed by atoms with Gasteiger partial charge in [-0.15, -0.1) is 0 Å². The van der Waals surface area contributed by atoms with Crippen LogP contribution in [0.5, 0.6) is 0 Å². The Hall–Kier alpha value is -0.870. The SMILES string of the molecule is COC(C)(C)Cc1cc(CCCO)on1. The summed E-state index contributed by atoms with van der Waals surface area (Å²) in [6.07, 6.45) is 2.17. The molecule has 0 aliphatic carbocycles. The van der Waals surface area contributed by atoms with E-state index in [-0.39, 0.29) is 12.2 Å². The summed E-state index contributed by atoms with van der Waals surface area (Å²) in [6.45, 7) is 4.20. The maximum Gasteiger partial charge on any atom is 0.137 e. The fourth-order valence-corrected chi connectivity index (χ4v) is 1.32. The molecule has 1 heterocycles. The van der Waals surface area contributed by atoms with Crippen LogP contribution < -0.4 is 0 Å². The Balaban J connectivity index is 2.52. The predicted molar refractivity (Wildman–Crippen MR) is 56.7 cm³/mol. The number of aliphatic hydroxyl groups excluding tert-OH is 1. The van der Waals surface area contributed by atoms with Crippen LogP contribution in [0.15, 0.2) is 10.6 Å². The fraction of sp³-hybridized carbons (Fsp3) is 0.727. The summed E-state index contributed by atoms with van der Waals surface area (Å²) in [5, 5.41) is 12.6. The van der Waals surface area contributed by atoms with Crippen molar-refractivity contribution in [3.8, 4) is 0 Å². The second kappa shape index (κ2) is 5.28. The van der Waals surface area contributed by atoms with E-state index in [1.54, 1.807) is 7.11 Å². The Bertz CT molecular complexity index is 294. The molecule has 0 saturated heterocycles. The van der Waals surface area contributed by atoms with Crippen molar-refractivity contribution in [2.24, 2.45) is 0 Å². The number of hydrogen-bond acceptors (Lipinski definition) is 4. The minimum Gasteiger partial charge on any atom is -0.396 e. The van der Waals surface area contributed by atoms with Gasteiger partial charge in [0.05, 0.1) is 11.3 Å². The van der Waals surface area contributed by atoms with Gasteiger partial charge in [-0.25, -0.2) is 0 Å². The molecule has 4 heteroatoms. The van der Waals surface area contributed by atoms with Crippen LogP contribution >= 0.6 is 0 Å². The Labute approximate surface area is 90.2 Å². The lowest BCUT2D eigenvalue weighted by molar-refractivity contribution is 0.0218. The summed E-state index contributed by atoms with van der Waals surface area (Å²) in [7, 11) is 1.69. The Morgan fingerprint density at radius 1 is 1.53 bits per heavy atom. The van der Waals surface area contributed by atoms with Gasteiger partial charge in [0.15, 0.2) is 0 Å². The van der Waals surface area contributed by atoms with Gasteiger partial charge in [-0.1, -0.05) is 5.16 Å². The number of rotatable bonds is 6. The summed E-state index contributed by atoms with van der Waals surface area (Å²) in [6, 6.07) is 1.93. The van der Waals surface area contributed by atoms with E-state index in [1.165, 1.54) is 0 Å². The van der Waals surface area contributed by atoms with Crippen molar-refractivity contribution in [2.45, 2.75) is 38.7 Å². The van der Waals surface area contributed by atoms with Gasteiger partial charge in [0.1, 0.15) is 5.76 Å². The van der Waals surface area contributed by atoms with E-state index in [1.807, 2.05) is 19.9 Å². The smallest absolute Gasteiger partial charge is 0.137 e. The van der Waals surface area contributed by atoms with E-state index >= 15 is 0 Å². The van der Waals surface area contributed by atoms with Crippen molar-refractivity contribution in [3.05, 3.63) is 17.5 Å². The lowest BCUT2D eigenvalue weighted by Crippen LogP contribution is -2.25. The molecule has 1 aromatic rings.